The molecule has 0 aromatic heterocycles. The molecule has 2 saturated carbocycles. The van der Waals surface area contributed by atoms with E-state index in [0.29, 0.717) is 12.8 Å². The minimum absolute atomic E-state index is 0.00379. The fourth-order valence-corrected chi connectivity index (χ4v) is 6.56. The molecule has 174 valence electrons. The maximum atomic E-state index is 14.2. The fraction of sp³-hybridized carbons (Fsp3) is 0.391. The number of ether oxygens (including phenoxy) is 1. The Kier molecular flexibility index (Phi) is 6.70. The summed E-state index contributed by atoms with van der Waals surface area (Å²) in [7, 11) is -3.85. The molecule has 2 aliphatic carbocycles. The van der Waals surface area contributed by atoms with E-state index in [4.69, 9.17) is 27.9 Å². The Balaban J connectivity index is 1.57. The summed E-state index contributed by atoms with van der Waals surface area (Å²) >= 11 is 11.9. The largest absolute Gasteiger partial charge is 0.373 e. The molecule has 0 heterocycles. The van der Waals surface area contributed by atoms with Gasteiger partial charge in [-0.2, -0.15) is 5.26 Å². The van der Waals surface area contributed by atoms with Crippen LogP contribution in [0.1, 0.15) is 31.2 Å². The zero-order valence-electron chi connectivity index (χ0n) is 17.4. The second-order valence-corrected chi connectivity index (χ2v) is 11.5. The predicted molar refractivity (Wildman–Crippen MR) is 121 cm³/mol. The monoisotopic (exact) mass is 510 g/mol. The molecular weight excluding hydrogens is 490 g/mol. The van der Waals surface area contributed by atoms with Gasteiger partial charge in [-0.25, -0.2) is 12.8 Å². The summed E-state index contributed by atoms with van der Waals surface area (Å²) in [6.45, 7) is -0.153. The normalized spacial score (nSPS) is 23.6. The lowest BCUT2D eigenvalue weighted by molar-refractivity contribution is -0.130. The van der Waals surface area contributed by atoms with Crippen molar-refractivity contribution in [1.29, 1.82) is 5.26 Å². The first kappa shape index (κ1) is 24.0. The van der Waals surface area contributed by atoms with Gasteiger partial charge in [-0.05, 0) is 49.9 Å². The number of benzene rings is 2. The molecule has 6 nitrogen and oxygen atoms in total. The summed E-state index contributed by atoms with van der Waals surface area (Å²) in [4.78, 5) is 13.0. The first-order valence-electron chi connectivity index (χ1n) is 10.4. The van der Waals surface area contributed by atoms with Gasteiger partial charge in [0.05, 0.1) is 39.9 Å². The number of hydrogen-bond acceptors (Lipinski definition) is 5. The van der Waals surface area contributed by atoms with Gasteiger partial charge in [-0.1, -0.05) is 41.4 Å². The second-order valence-electron chi connectivity index (χ2n) is 8.44. The van der Waals surface area contributed by atoms with E-state index < -0.39 is 44.4 Å². The molecule has 0 aliphatic heterocycles. The molecule has 1 N–H and O–H groups in total. The van der Waals surface area contributed by atoms with Gasteiger partial charge in [0, 0.05) is 10.6 Å². The van der Waals surface area contributed by atoms with E-state index in [0.717, 1.165) is 6.07 Å². The summed E-state index contributed by atoms with van der Waals surface area (Å²) < 4.78 is 46.7. The van der Waals surface area contributed by atoms with E-state index in [1.807, 2.05) is 0 Å². The van der Waals surface area contributed by atoms with Gasteiger partial charge >= 0.3 is 0 Å². The van der Waals surface area contributed by atoms with Crippen molar-refractivity contribution in [3.8, 4) is 6.07 Å². The quantitative estimate of drug-likeness (QED) is 0.593. The predicted octanol–water partition coefficient (Wildman–Crippen LogP) is 4.44. The molecule has 3 atom stereocenters. The highest BCUT2D eigenvalue weighted by Crippen LogP contribution is 2.40. The number of nitrogens with one attached hydrogen (secondary N) is 1. The molecule has 2 aromatic carbocycles. The highest BCUT2D eigenvalue weighted by atomic mass is 35.5. The van der Waals surface area contributed by atoms with Crippen LogP contribution in [-0.4, -0.2) is 31.2 Å². The first-order chi connectivity index (χ1) is 15.6. The van der Waals surface area contributed by atoms with Gasteiger partial charge in [-0.15, -0.1) is 0 Å². The topological polar surface area (TPSA) is 96.3 Å². The summed E-state index contributed by atoms with van der Waals surface area (Å²) in [5.74, 6) is -1.80. The van der Waals surface area contributed by atoms with Crippen LogP contribution in [0.5, 0.6) is 0 Å². The third-order valence-corrected chi connectivity index (χ3v) is 9.08. The Labute approximate surface area is 201 Å². The van der Waals surface area contributed by atoms with Gasteiger partial charge in [0.15, 0.2) is 9.84 Å². The number of carbonyl (C=O) groups is 1. The molecule has 2 fully saturated rings. The number of rotatable bonds is 7. The molecule has 0 saturated heterocycles. The standard InChI is InChI=1S/C23H21Cl2FN2O4S/c24-15-6-5-14(19(26)9-15)12-32-20-11-16(33(30,31)21-4-2-1-3-18(21)25)10-17(20)22(29)28-23(13-27)7-8-23/h1-6,9,16-17,20H,7-8,10-12H2,(H,28,29)/t16-,17-,20-/m0/s1. The van der Waals surface area contributed by atoms with Crippen LogP contribution >= 0.6 is 23.2 Å². The highest BCUT2D eigenvalue weighted by molar-refractivity contribution is 7.92. The van der Waals surface area contributed by atoms with Gasteiger partial charge in [-0.3, -0.25) is 4.79 Å². The van der Waals surface area contributed by atoms with Gasteiger partial charge < -0.3 is 10.1 Å². The van der Waals surface area contributed by atoms with Crippen molar-refractivity contribution in [3.63, 3.8) is 0 Å². The van der Waals surface area contributed by atoms with Crippen molar-refractivity contribution in [3.05, 3.63) is 63.9 Å². The van der Waals surface area contributed by atoms with Crippen molar-refractivity contribution in [1.82, 2.24) is 5.32 Å². The van der Waals surface area contributed by atoms with Gasteiger partial charge in [0.2, 0.25) is 5.91 Å². The molecule has 0 spiro atoms. The number of halogens is 3. The number of nitriles is 1. The fourth-order valence-electron chi connectivity index (χ4n) is 4.08. The van der Waals surface area contributed by atoms with Crippen molar-refractivity contribution in [2.24, 2.45) is 5.92 Å². The number of hydrogen-bond donors (Lipinski definition) is 1. The zero-order chi connectivity index (χ0) is 23.8. The SMILES string of the molecule is N#CC1(NC(=O)[C@H]2C[C@H](S(=O)(=O)c3ccccc3Cl)C[C@@H]2OCc2ccc(Cl)cc2F)CC1. The maximum Gasteiger partial charge on any atom is 0.227 e. The zero-order valence-corrected chi connectivity index (χ0v) is 19.8. The molecule has 10 heteroatoms. The number of nitrogens with zero attached hydrogens (tertiary/aromatic N) is 1. The molecule has 0 unspecified atom stereocenters. The smallest absolute Gasteiger partial charge is 0.227 e. The van der Waals surface area contributed by atoms with Crippen LogP contribution in [0.25, 0.3) is 0 Å². The van der Waals surface area contributed by atoms with Crippen LogP contribution in [0.3, 0.4) is 0 Å². The molecular formula is C23H21Cl2FN2O4S. The van der Waals surface area contributed by atoms with Crippen molar-refractivity contribution in [2.75, 3.05) is 0 Å². The molecule has 2 aromatic rings. The third-order valence-electron chi connectivity index (χ3n) is 6.17. The van der Waals surface area contributed by atoms with E-state index >= 15 is 0 Å². The van der Waals surface area contributed by atoms with E-state index in [2.05, 4.69) is 11.4 Å². The van der Waals surface area contributed by atoms with Gasteiger partial charge in [0.25, 0.3) is 0 Å². The molecule has 2 aliphatic rings. The van der Waals surface area contributed by atoms with E-state index in [1.165, 1.54) is 24.3 Å². The van der Waals surface area contributed by atoms with Crippen LogP contribution in [0.4, 0.5) is 4.39 Å². The van der Waals surface area contributed by atoms with E-state index in [-0.39, 0.29) is 40.0 Å². The highest BCUT2D eigenvalue weighted by Gasteiger charge is 2.50. The van der Waals surface area contributed by atoms with Crippen LogP contribution in [-0.2, 0) is 26.0 Å². The summed E-state index contributed by atoms with van der Waals surface area (Å²) in [5.41, 5.74) is -0.657. The van der Waals surface area contributed by atoms with E-state index in [9.17, 15) is 22.9 Å². The molecule has 0 bridgehead atoms. The Bertz CT molecular complexity index is 1230. The van der Waals surface area contributed by atoms with Crippen LogP contribution in [0.15, 0.2) is 47.4 Å². The minimum Gasteiger partial charge on any atom is -0.373 e. The van der Waals surface area contributed by atoms with Crippen molar-refractivity contribution >= 4 is 38.9 Å². The van der Waals surface area contributed by atoms with Crippen LogP contribution < -0.4 is 5.32 Å². The average Bonchev–Trinajstić information content (AvgIpc) is 3.40. The Morgan fingerprint density at radius 3 is 2.58 bits per heavy atom. The van der Waals surface area contributed by atoms with Crippen molar-refractivity contribution < 1.29 is 22.3 Å². The number of amides is 1. The Morgan fingerprint density at radius 1 is 1.21 bits per heavy atom. The summed E-state index contributed by atoms with van der Waals surface area (Å²) in [6.07, 6.45) is 0.363. The lowest BCUT2D eigenvalue weighted by atomic mass is 10.0. The molecule has 0 radical (unpaired) electrons. The number of sulfone groups is 1. The molecule has 1 amide bonds. The van der Waals surface area contributed by atoms with Crippen LogP contribution in [0, 0.1) is 23.1 Å². The van der Waals surface area contributed by atoms with E-state index in [1.54, 1.807) is 12.1 Å². The summed E-state index contributed by atoms with van der Waals surface area (Å²) in [5, 5.41) is 11.5. The maximum absolute atomic E-state index is 14.2. The lowest BCUT2D eigenvalue weighted by Crippen LogP contribution is -2.42. The number of carbonyl (C=O) groups excluding carboxylic acids is 1. The Morgan fingerprint density at radius 2 is 1.94 bits per heavy atom. The Hall–Kier alpha value is -2.18. The lowest BCUT2D eigenvalue weighted by Gasteiger charge is -2.21. The molecule has 33 heavy (non-hydrogen) atoms. The third kappa shape index (κ3) is 5.02. The van der Waals surface area contributed by atoms with Crippen LogP contribution in [0.2, 0.25) is 10.0 Å². The first-order valence-corrected chi connectivity index (χ1v) is 12.7. The van der Waals surface area contributed by atoms with Crippen molar-refractivity contribution in [2.45, 2.75) is 54.1 Å². The molecule has 4 rings (SSSR count). The summed E-state index contributed by atoms with van der Waals surface area (Å²) in [6, 6.07) is 12.4. The minimum atomic E-state index is -3.85. The second kappa shape index (κ2) is 9.22. The average molecular weight is 511 g/mol. The van der Waals surface area contributed by atoms with Gasteiger partial charge in [0.1, 0.15) is 11.4 Å².